The van der Waals surface area contributed by atoms with Gasteiger partial charge in [-0.2, -0.15) is 0 Å². The predicted molar refractivity (Wildman–Crippen MR) is 106 cm³/mol. The number of amides is 5. The van der Waals surface area contributed by atoms with Gasteiger partial charge in [-0.1, -0.05) is 12.1 Å². The summed E-state index contributed by atoms with van der Waals surface area (Å²) in [5.41, 5.74) is 4.29. The first kappa shape index (κ1) is 21.8. The van der Waals surface area contributed by atoms with Crippen LogP contribution in [0, 0.1) is 5.92 Å². The highest BCUT2D eigenvalue weighted by atomic mass is 32.2. The van der Waals surface area contributed by atoms with Crippen molar-refractivity contribution in [3.8, 4) is 0 Å². The molecule has 0 bridgehead atoms. The highest BCUT2D eigenvalue weighted by Gasteiger charge is 2.49. The summed E-state index contributed by atoms with van der Waals surface area (Å²) in [5.74, 6) is -1.66. The largest absolute Gasteiger partial charge is 0.369 e. The van der Waals surface area contributed by atoms with Crippen LogP contribution in [-0.2, 0) is 29.8 Å². The van der Waals surface area contributed by atoms with Gasteiger partial charge < -0.3 is 16.0 Å². The Kier molecular flexibility index (Phi) is 5.59. The number of nitrogens with zero attached hydrogens (tertiary/aromatic N) is 2. The van der Waals surface area contributed by atoms with Crippen molar-refractivity contribution in [1.29, 1.82) is 0 Å². The second-order valence-corrected chi connectivity index (χ2v) is 9.82. The molecule has 10 nitrogen and oxygen atoms in total. The molecular weight excluding hydrogens is 412 g/mol. The van der Waals surface area contributed by atoms with Crippen molar-refractivity contribution in [1.82, 2.24) is 15.1 Å². The molecule has 0 spiro atoms. The second-order valence-electron chi connectivity index (χ2n) is 7.80. The van der Waals surface area contributed by atoms with E-state index in [-0.39, 0.29) is 10.8 Å². The topological polar surface area (TPSA) is 147 Å². The molecule has 3 rings (SSSR count). The molecule has 1 aromatic carbocycles. The summed E-state index contributed by atoms with van der Waals surface area (Å²) in [6.45, 7) is 1.76. The number of piperidine rings is 1. The van der Waals surface area contributed by atoms with Gasteiger partial charge in [-0.3, -0.25) is 19.3 Å². The minimum absolute atomic E-state index is 0.0954. The van der Waals surface area contributed by atoms with Crippen LogP contribution in [0.4, 0.5) is 4.79 Å². The summed E-state index contributed by atoms with van der Waals surface area (Å²) in [6, 6.07) is 4.97. The van der Waals surface area contributed by atoms with Gasteiger partial charge in [-0.05, 0) is 37.5 Å². The third kappa shape index (κ3) is 4.02. The maximum atomic E-state index is 13.0. The third-order valence-electron chi connectivity index (χ3n) is 5.68. The fraction of sp³-hybridized carbons (Fsp3) is 0.474. The van der Waals surface area contributed by atoms with Gasteiger partial charge in [0, 0.05) is 25.3 Å². The normalized spacial score (nSPS) is 22.9. The number of carbonyl (C=O) groups is 4. The Labute approximate surface area is 174 Å². The van der Waals surface area contributed by atoms with Crippen LogP contribution in [0.5, 0.6) is 0 Å². The number of hydrogen-bond acceptors (Lipinski definition) is 6. The number of nitrogens with two attached hydrogens (primary N) is 1. The van der Waals surface area contributed by atoms with Crippen LogP contribution in [0.25, 0.3) is 0 Å². The molecule has 5 amide bonds. The fourth-order valence-electron chi connectivity index (χ4n) is 3.72. The minimum Gasteiger partial charge on any atom is -0.369 e. The molecule has 0 saturated carbocycles. The van der Waals surface area contributed by atoms with Crippen molar-refractivity contribution in [2.45, 2.75) is 30.2 Å². The molecule has 162 valence electrons. The van der Waals surface area contributed by atoms with E-state index in [2.05, 4.69) is 5.32 Å². The average Bonchev–Trinajstić information content (AvgIpc) is 2.91. The lowest BCUT2D eigenvalue weighted by atomic mass is 9.92. The van der Waals surface area contributed by atoms with Crippen molar-refractivity contribution < 1.29 is 27.6 Å². The first-order chi connectivity index (χ1) is 13.9. The summed E-state index contributed by atoms with van der Waals surface area (Å²) in [5, 5.41) is 2.59. The maximum Gasteiger partial charge on any atom is 0.325 e. The fourth-order valence-corrected chi connectivity index (χ4v) is 4.35. The highest BCUT2D eigenvalue weighted by Crippen LogP contribution is 2.29. The first-order valence-electron chi connectivity index (χ1n) is 9.45. The van der Waals surface area contributed by atoms with Gasteiger partial charge in [0.15, 0.2) is 9.84 Å². The first-order valence-corrected chi connectivity index (χ1v) is 11.3. The number of imide groups is 1. The van der Waals surface area contributed by atoms with Crippen LogP contribution in [-0.4, -0.2) is 67.9 Å². The number of likely N-dealkylation sites (tertiary alicyclic amines) is 1. The standard InChI is InChI=1S/C19H24N4O6S/c1-19(13-3-5-14(6-4-13)30(2,28)29)17(26)23(18(27)21-19)11-15(24)22-9-7-12(8-10-22)16(20)25/h3-6,12H,7-11H2,1-2H3,(H2,20,25)(H,21,27)/t19-/m1/s1. The second kappa shape index (κ2) is 7.71. The molecule has 0 aliphatic carbocycles. The SMILES string of the molecule is C[C@]1(c2ccc(S(C)(=O)=O)cc2)NC(=O)N(CC(=O)N2CCC(C(N)=O)CC2)C1=O. The minimum atomic E-state index is -3.40. The number of rotatable bonds is 5. The Morgan fingerprint density at radius 3 is 2.23 bits per heavy atom. The van der Waals surface area contributed by atoms with Crippen molar-refractivity contribution in [3.63, 3.8) is 0 Å². The van der Waals surface area contributed by atoms with E-state index in [9.17, 15) is 27.6 Å². The molecule has 3 N–H and O–H groups in total. The number of sulfone groups is 1. The molecular formula is C19H24N4O6S. The van der Waals surface area contributed by atoms with Gasteiger partial charge >= 0.3 is 6.03 Å². The van der Waals surface area contributed by atoms with Crippen molar-refractivity contribution in [2.24, 2.45) is 11.7 Å². The van der Waals surface area contributed by atoms with Crippen LogP contribution in [0.3, 0.4) is 0 Å². The molecule has 1 aromatic rings. The Balaban J connectivity index is 1.71. The van der Waals surface area contributed by atoms with E-state index in [1.54, 1.807) is 0 Å². The monoisotopic (exact) mass is 436 g/mol. The number of carbonyl (C=O) groups excluding carboxylic acids is 4. The zero-order chi connectivity index (χ0) is 22.3. The number of primary amides is 1. The molecule has 2 aliphatic rings. The van der Waals surface area contributed by atoms with Gasteiger partial charge in [0.05, 0.1) is 4.90 Å². The van der Waals surface area contributed by atoms with Gasteiger partial charge in [0.1, 0.15) is 12.1 Å². The number of nitrogens with one attached hydrogen (secondary N) is 1. The van der Waals surface area contributed by atoms with E-state index in [0.717, 1.165) is 11.2 Å². The number of benzene rings is 1. The van der Waals surface area contributed by atoms with Crippen LogP contribution in [0.1, 0.15) is 25.3 Å². The molecule has 2 heterocycles. The van der Waals surface area contributed by atoms with Gasteiger partial charge in [-0.25, -0.2) is 13.2 Å². The van der Waals surface area contributed by atoms with E-state index >= 15 is 0 Å². The van der Waals surface area contributed by atoms with Crippen molar-refractivity contribution in [3.05, 3.63) is 29.8 Å². The van der Waals surface area contributed by atoms with Gasteiger partial charge in [0.25, 0.3) is 5.91 Å². The summed E-state index contributed by atoms with van der Waals surface area (Å²) in [7, 11) is -3.40. The molecule has 0 aromatic heterocycles. The van der Waals surface area contributed by atoms with Gasteiger partial charge in [-0.15, -0.1) is 0 Å². The smallest absolute Gasteiger partial charge is 0.325 e. The summed E-state index contributed by atoms with van der Waals surface area (Å²) < 4.78 is 23.3. The molecule has 2 saturated heterocycles. The van der Waals surface area contributed by atoms with Crippen LogP contribution in [0.15, 0.2) is 29.2 Å². The van der Waals surface area contributed by atoms with E-state index in [4.69, 9.17) is 5.73 Å². The summed E-state index contributed by atoms with van der Waals surface area (Å²) in [6.07, 6.45) is 1.98. The maximum absolute atomic E-state index is 13.0. The number of hydrogen-bond donors (Lipinski definition) is 2. The van der Waals surface area contributed by atoms with Crippen LogP contribution in [0.2, 0.25) is 0 Å². The lowest BCUT2D eigenvalue weighted by Crippen LogP contribution is -2.47. The van der Waals surface area contributed by atoms with E-state index in [0.29, 0.717) is 31.5 Å². The lowest BCUT2D eigenvalue weighted by Gasteiger charge is -2.31. The Morgan fingerprint density at radius 2 is 1.73 bits per heavy atom. The quantitative estimate of drug-likeness (QED) is 0.599. The average molecular weight is 436 g/mol. The summed E-state index contributed by atoms with van der Waals surface area (Å²) >= 11 is 0. The summed E-state index contributed by atoms with van der Waals surface area (Å²) in [4.78, 5) is 51.7. The van der Waals surface area contributed by atoms with Gasteiger partial charge in [0.2, 0.25) is 11.8 Å². The van der Waals surface area contributed by atoms with E-state index in [1.807, 2.05) is 0 Å². The van der Waals surface area contributed by atoms with Crippen molar-refractivity contribution in [2.75, 3.05) is 25.9 Å². The molecule has 2 aliphatic heterocycles. The Morgan fingerprint density at radius 1 is 1.17 bits per heavy atom. The zero-order valence-corrected chi connectivity index (χ0v) is 17.6. The Hall–Kier alpha value is -2.95. The lowest BCUT2D eigenvalue weighted by molar-refractivity contribution is -0.140. The predicted octanol–water partition coefficient (Wildman–Crippen LogP) is -0.419. The zero-order valence-electron chi connectivity index (χ0n) is 16.8. The Bertz CT molecular complexity index is 998. The van der Waals surface area contributed by atoms with E-state index in [1.165, 1.54) is 36.1 Å². The molecule has 2 fully saturated rings. The molecule has 1 atom stereocenters. The molecule has 0 radical (unpaired) electrons. The highest BCUT2D eigenvalue weighted by molar-refractivity contribution is 7.90. The molecule has 11 heteroatoms. The molecule has 30 heavy (non-hydrogen) atoms. The third-order valence-corrected chi connectivity index (χ3v) is 6.81. The van der Waals surface area contributed by atoms with Crippen molar-refractivity contribution >= 4 is 33.6 Å². The van der Waals surface area contributed by atoms with Crippen LogP contribution < -0.4 is 11.1 Å². The molecule has 0 unspecified atom stereocenters. The van der Waals surface area contributed by atoms with E-state index < -0.39 is 45.7 Å². The van der Waals surface area contributed by atoms with Crippen LogP contribution >= 0.6 is 0 Å². The number of urea groups is 1.